The highest BCUT2D eigenvalue weighted by atomic mass is 16.1. The molecule has 1 saturated heterocycles. The predicted molar refractivity (Wildman–Crippen MR) is 128 cm³/mol. The zero-order chi connectivity index (χ0) is 22.0. The van der Waals surface area contributed by atoms with Gasteiger partial charge in [0.2, 0.25) is 0 Å². The van der Waals surface area contributed by atoms with Crippen molar-refractivity contribution >= 4 is 22.1 Å². The van der Waals surface area contributed by atoms with E-state index >= 15 is 0 Å². The second-order valence-corrected chi connectivity index (χ2v) is 8.97. The second kappa shape index (κ2) is 7.14. The monoisotopic (exact) mass is 424 g/mol. The topological polar surface area (TPSA) is 53.7 Å². The van der Waals surface area contributed by atoms with Gasteiger partial charge in [0.1, 0.15) is 0 Å². The Hall–Kier alpha value is -3.25. The molecule has 2 aliphatic rings. The maximum absolute atomic E-state index is 13.3. The van der Waals surface area contributed by atoms with Crippen molar-refractivity contribution in [3.05, 3.63) is 76.3 Å². The highest BCUT2D eigenvalue weighted by molar-refractivity contribution is 5.93. The molecule has 0 N–H and O–H groups in total. The first-order valence-electron chi connectivity index (χ1n) is 11.3. The molecule has 2 aromatic heterocycles. The Labute approximate surface area is 187 Å². The van der Waals surface area contributed by atoms with Crippen LogP contribution in [0.3, 0.4) is 0 Å². The third-order valence-electron chi connectivity index (χ3n) is 6.89. The van der Waals surface area contributed by atoms with Crippen molar-refractivity contribution in [3.8, 4) is 11.3 Å². The number of aromatic nitrogens is 3. The molecule has 0 bridgehead atoms. The van der Waals surface area contributed by atoms with Crippen LogP contribution in [0.1, 0.15) is 30.7 Å². The number of anilines is 1. The molecule has 161 valence electrons. The molecule has 0 amide bonds. The standard InChI is InChI=1S/C26H26N5O/c1-4-29-7-8-30(14-17(29)3)19-6-5-18-9-22(21-11-23(21)26(32)20(18)10-19)24-15-31-13-16(2)27-12-25(31)28-24/h5-6,9-13,15,17H,4,7-8,14H2,1-3H3/t17-/m1/s1. The minimum atomic E-state index is 0.115. The largest absolute Gasteiger partial charge is 0.369 e. The molecule has 4 aromatic rings. The lowest BCUT2D eigenvalue weighted by atomic mass is 10.1. The van der Waals surface area contributed by atoms with E-state index in [4.69, 9.17) is 4.98 Å². The molecule has 6 heteroatoms. The number of hydrogen-bond acceptors (Lipinski definition) is 5. The minimum Gasteiger partial charge on any atom is -0.369 e. The molecular weight excluding hydrogens is 398 g/mol. The summed E-state index contributed by atoms with van der Waals surface area (Å²) in [5, 5.41) is 1.74. The van der Waals surface area contributed by atoms with Crippen molar-refractivity contribution in [3.63, 3.8) is 0 Å². The van der Waals surface area contributed by atoms with Crippen molar-refractivity contribution in [1.29, 1.82) is 0 Å². The first-order valence-corrected chi connectivity index (χ1v) is 11.3. The van der Waals surface area contributed by atoms with Gasteiger partial charge in [-0.1, -0.05) is 13.0 Å². The van der Waals surface area contributed by atoms with Crippen LogP contribution in [0.4, 0.5) is 5.69 Å². The minimum absolute atomic E-state index is 0.115. The Balaban J connectivity index is 1.44. The number of hydrogen-bond donors (Lipinski definition) is 0. The number of imidazole rings is 1. The zero-order valence-electron chi connectivity index (χ0n) is 18.7. The summed E-state index contributed by atoms with van der Waals surface area (Å²) in [6.45, 7) is 10.6. The van der Waals surface area contributed by atoms with E-state index in [-0.39, 0.29) is 5.43 Å². The van der Waals surface area contributed by atoms with Gasteiger partial charge in [0, 0.05) is 66.7 Å². The number of likely N-dealkylation sites (N-methyl/N-ethyl adjacent to an activating group) is 1. The van der Waals surface area contributed by atoms with Crippen molar-refractivity contribution in [2.24, 2.45) is 0 Å². The lowest BCUT2D eigenvalue weighted by Crippen LogP contribution is -2.51. The van der Waals surface area contributed by atoms with E-state index < -0.39 is 0 Å². The molecule has 2 aromatic carbocycles. The van der Waals surface area contributed by atoms with Gasteiger partial charge in [0.25, 0.3) is 0 Å². The fourth-order valence-electron chi connectivity index (χ4n) is 5.00. The Morgan fingerprint density at radius 2 is 2.00 bits per heavy atom. The Kier molecular flexibility index (Phi) is 4.33. The lowest BCUT2D eigenvalue weighted by molar-refractivity contribution is 0.199. The highest BCUT2D eigenvalue weighted by Crippen LogP contribution is 2.38. The normalized spacial score (nSPS) is 18.3. The van der Waals surface area contributed by atoms with Gasteiger partial charge in [-0.3, -0.25) is 14.7 Å². The molecule has 1 aliphatic carbocycles. The summed E-state index contributed by atoms with van der Waals surface area (Å²) in [5.74, 6) is 0. The number of rotatable bonds is 3. The first kappa shape index (κ1) is 19.4. The van der Waals surface area contributed by atoms with E-state index in [0.717, 1.165) is 76.4 Å². The summed E-state index contributed by atoms with van der Waals surface area (Å²) >= 11 is 0. The first-order chi connectivity index (χ1) is 15.5. The van der Waals surface area contributed by atoms with Gasteiger partial charge in [-0.2, -0.15) is 0 Å². The fourth-order valence-corrected chi connectivity index (χ4v) is 5.00. The summed E-state index contributed by atoms with van der Waals surface area (Å²) in [7, 11) is 0. The molecule has 0 unspecified atom stereocenters. The van der Waals surface area contributed by atoms with E-state index in [0.29, 0.717) is 6.04 Å². The van der Waals surface area contributed by atoms with Gasteiger partial charge < -0.3 is 9.30 Å². The van der Waals surface area contributed by atoms with Crippen LogP contribution in [0, 0.1) is 13.3 Å². The maximum Gasteiger partial charge on any atom is 0.190 e. The van der Waals surface area contributed by atoms with Crippen LogP contribution < -0.4 is 10.3 Å². The molecule has 0 saturated carbocycles. The number of benzene rings is 1. The molecular formula is C26H26N5O. The van der Waals surface area contributed by atoms with Gasteiger partial charge in [0.15, 0.2) is 11.1 Å². The molecule has 0 spiro atoms. The van der Waals surface area contributed by atoms with E-state index in [1.807, 2.05) is 30.1 Å². The molecule has 6 nitrogen and oxygen atoms in total. The van der Waals surface area contributed by atoms with E-state index in [1.165, 1.54) is 0 Å². The van der Waals surface area contributed by atoms with Crippen LogP contribution in [0.5, 0.6) is 0 Å². The van der Waals surface area contributed by atoms with Crippen LogP contribution in [-0.2, 0) is 0 Å². The lowest BCUT2D eigenvalue weighted by Gasteiger charge is -2.40. The van der Waals surface area contributed by atoms with Crippen molar-refractivity contribution < 1.29 is 0 Å². The summed E-state index contributed by atoms with van der Waals surface area (Å²) in [4.78, 5) is 27.3. The van der Waals surface area contributed by atoms with Crippen LogP contribution in [-0.4, -0.2) is 51.5 Å². The average molecular weight is 425 g/mol. The van der Waals surface area contributed by atoms with Crippen LogP contribution in [0.25, 0.3) is 27.7 Å². The average Bonchev–Trinajstić information content (AvgIpc) is 3.49. The van der Waals surface area contributed by atoms with Gasteiger partial charge >= 0.3 is 0 Å². The fraction of sp³-hybridized carbons (Fsp3) is 0.308. The predicted octanol–water partition coefficient (Wildman–Crippen LogP) is 3.66. The molecule has 3 heterocycles. The molecule has 1 aliphatic heterocycles. The van der Waals surface area contributed by atoms with Crippen molar-refractivity contribution in [1.82, 2.24) is 19.3 Å². The SMILES string of the molecule is CCN1CCN(c2ccc3cc(-c4cn5cc(C)ncc5n4)c4c(c(=O)c3c2)[CH]4)C[C@H]1C. The van der Waals surface area contributed by atoms with Gasteiger partial charge in [-0.05, 0) is 49.5 Å². The highest BCUT2D eigenvalue weighted by Gasteiger charge is 2.28. The summed E-state index contributed by atoms with van der Waals surface area (Å²) in [6, 6.07) is 8.95. The number of aryl methyl sites for hydroxylation is 1. The number of nitrogens with zero attached hydrogens (tertiary/aromatic N) is 5. The summed E-state index contributed by atoms with van der Waals surface area (Å²) in [5.41, 5.74) is 6.68. The summed E-state index contributed by atoms with van der Waals surface area (Å²) < 4.78 is 1.99. The molecule has 6 rings (SSSR count). The Morgan fingerprint density at radius 1 is 1.12 bits per heavy atom. The smallest absolute Gasteiger partial charge is 0.190 e. The van der Waals surface area contributed by atoms with E-state index in [1.54, 1.807) is 6.20 Å². The third kappa shape index (κ3) is 3.09. The van der Waals surface area contributed by atoms with Gasteiger partial charge in [0.05, 0.1) is 17.6 Å². The van der Waals surface area contributed by atoms with Gasteiger partial charge in [-0.25, -0.2) is 4.98 Å². The summed E-state index contributed by atoms with van der Waals surface area (Å²) in [6.07, 6.45) is 7.76. The third-order valence-corrected chi connectivity index (χ3v) is 6.89. The quantitative estimate of drug-likeness (QED) is 0.442. The maximum atomic E-state index is 13.3. The Bertz CT molecular complexity index is 1440. The zero-order valence-corrected chi connectivity index (χ0v) is 18.7. The molecule has 1 radical (unpaired) electrons. The van der Waals surface area contributed by atoms with Crippen LogP contribution in [0.2, 0.25) is 0 Å². The van der Waals surface area contributed by atoms with Crippen molar-refractivity contribution in [2.45, 2.75) is 26.8 Å². The second-order valence-electron chi connectivity index (χ2n) is 8.97. The molecule has 32 heavy (non-hydrogen) atoms. The van der Waals surface area contributed by atoms with Crippen LogP contribution in [0.15, 0.2) is 47.7 Å². The van der Waals surface area contributed by atoms with Gasteiger partial charge in [-0.15, -0.1) is 0 Å². The number of fused-ring (bicyclic) bond motifs is 3. The van der Waals surface area contributed by atoms with E-state index in [9.17, 15) is 4.79 Å². The molecule has 1 fully saturated rings. The van der Waals surface area contributed by atoms with E-state index in [2.05, 4.69) is 52.9 Å². The number of piperazine rings is 1. The Morgan fingerprint density at radius 3 is 2.81 bits per heavy atom. The van der Waals surface area contributed by atoms with Crippen LogP contribution >= 0.6 is 0 Å². The molecule has 1 atom stereocenters. The van der Waals surface area contributed by atoms with Crippen molar-refractivity contribution in [2.75, 3.05) is 31.1 Å².